The Hall–Kier alpha value is -0.515. The summed E-state index contributed by atoms with van der Waals surface area (Å²) >= 11 is 0. The van der Waals surface area contributed by atoms with Gasteiger partial charge in [-0.05, 0) is 0 Å². The second kappa shape index (κ2) is 9.96. The maximum atomic E-state index is 12.5. The van der Waals surface area contributed by atoms with Gasteiger partial charge >= 0.3 is 45.5 Å². The Balaban J connectivity index is 0.00000462. The molecule has 1 aliphatic heterocycles. The van der Waals surface area contributed by atoms with Gasteiger partial charge in [0.15, 0.2) is 21.6 Å². The van der Waals surface area contributed by atoms with E-state index in [-0.39, 0.29) is 47.3 Å². The zero-order valence-electron chi connectivity index (χ0n) is 27.6. The molecule has 156 valence electrons. The first-order valence-electron chi connectivity index (χ1n) is 12.5. The zero-order chi connectivity index (χ0) is 31.8. The summed E-state index contributed by atoms with van der Waals surface area (Å²) in [6.45, 7) is -4.50. The summed E-state index contributed by atoms with van der Waals surface area (Å²) in [6.07, 6.45) is -18.1. The Morgan fingerprint density at radius 3 is 2.87 bits per heavy atom. The second-order valence-corrected chi connectivity index (χ2v) is 7.24. The second-order valence-electron chi connectivity index (χ2n) is 4.61. The summed E-state index contributed by atoms with van der Waals surface area (Å²) in [5.41, 5.74) is -4.03. The van der Waals surface area contributed by atoms with Gasteiger partial charge in [-0.2, -0.15) is 4.98 Å². The zero-order valence-corrected chi connectivity index (χ0v) is 16.4. The van der Waals surface area contributed by atoms with Crippen LogP contribution in [0.4, 0.5) is 5.95 Å². The van der Waals surface area contributed by atoms with E-state index in [9.17, 15) is 23.7 Å². The van der Waals surface area contributed by atoms with Gasteiger partial charge < -0.3 is 39.9 Å². The van der Waals surface area contributed by atoms with E-state index in [1.165, 1.54) is 0 Å². The predicted molar refractivity (Wildman–Crippen MR) is 83.0 cm³/mol. The number of hydrogen-bond acceptors (Lipinski definition) is 14. The van der Waals surface area contributed by atoms with Crippen molar-refractivity contribution < 1.29 is 99.2 Å². The van der Waals surface area contributed by atoms with Crippen LogP contribution >= 0.6 is 15.6 Å². The summed E-state index contributed by atoms with van der Waals surface area (Å²) in [5.74, 6) is -1.15. The summed E-state index contributed by atoms with van der Waals surface area (Å²) < 4.78 is 137. The normalized spacial score (nSPS) is 42.3. The molecule has 0 aliphatic carbocycles. The quantitative estimate of drug-likeness (QED) is 0.160. The number of nitrogen functional groups attached to an aromatic ring is 1. The number of H-pyrrole nitrogens is 1. The van der Waals surface area contributed by atoms with Crippen molar-refractivity contribution in [3.05, 3.63) is 16.7 Å². The molecule has 0 radical (unpaired) electrons. The Morgan fingerprint density at radius 2 is 2.27 bits per heavy atom. The van der Waals surface area contributed by atoms with Gasteiger partial charge in [0, 0.05) is 0 Å². The maximum absolute atomic E-state index is 12.5. The van der Waals surface area contributed by atoms with Crippen LogP contribution < -0.4 is 58.8 Å². The Morgan fingerprint density at radius 1 is 1.53 bits per heavy atom. The van der Waals surface area contributed by atoms with Crippen LogP contribution in [0.3, 0.4) is 0 Å². The fourth-order valence-electron chi connectivity index (χ4n) is 1.80. The van der Waals surface area contributed by atoms with E-state index >= 15 is 0 Å². The molecule has 0 bridgehead atoms. The number of nitrogens with one attached hydrogen (secondary N) is 1. The summed E-state index contributed by atoms with van der Waals surface area (Å²) in [4.78, 5) is 44.4. The molecule has 0 amide bonds. The number of hydrogen-bond donors (Lipinski definition) is 5. The van der Waals surface area contributed by atoms with E-state index in [0.717, 1.165) is 0 Å². The molecular formula is C10H13Li2N5O11P2. The number of phosphoric acid groups is 2. The number of nitrogens with zero attached hydrogens (tertiary/aromatic N) is 3. The first-order valence-corrected chi connectivity index (χ1v) is 9.34. The third kappa shape index (κ3) is 6.04. The molecule has 3 heterocycles. The topological polar surface area (TPSA) is 258 Å². The number of ether oxygens (including phenoxy) is 1. The number of anilines is 1. The van der Waals surface area contributed by atoms with Gasteiger partial charge in [-0.15, -0.1) is 0 Å². The number of rotatable bonds is 10. The molecule has 16 nitrogen and oxygen atoms in total. The molecule has 0 aromatic carbocycles. The first kappa shape index (κ1) is 13.3. The summed E-state index contributed by atoms with van der Waals surface area (Å²) in [6, 6.07) is 0. The number of fused-ring (bicyclic) bond motifs is 1. The fraction of sp³-hybridized carbons (Fsp3) is 0.500. The molecule has 3 rings (SSSR count). The molecule has 1 saturated heterocycles. The Labute approximate surface area is 209 Å². The number of aromatic nitrogens is 4. The van der Waals surface area contributed by atoms with Crippen LogP contribution in [-0.2, 0) is 22.7 Å². The standard InChI is InChI=1S/C10H15N5O11P2.2Li/c11-10-13-7-4(8(18)14-10)12-2-15(7)9-6(17)5(16)3(25-9)1-24-28(22,23)26-27(19,20)21;;/h2-3,5-6,9,16-17H,1H2,(H,22,23)(H2,19,20,21)(H3,11,13,14,18);;/q;2*+1/p-2/t3?,5?,6?,9-;;/m0../s1/i1D2,2D,3D,5D,6D,9D,16D,17D;;/hD4. The largest absolute Gasteiger partial charge is 1.00 e. The number of aromatic amines is 1. The van der Waals surface area contributed by atoms with Gasteiger partial charge in [0.2, 0.25) is 10.2 Å². The molecule has 6 N–H and O–H groups in total. The van der Waals surface area contributed by atoms with Gasteiger partial charge in [-0.3, -0.25) is 23.2 Å². The van der Waals surface area contributed by atoms with E-state index in [1.807, 2.05) is 0 Å². The minimum absolute atomic E-state index is 0. The minimum Gasteiger partial charge on any atom is -0.789 e. The summed E-state index contributed by atoms with van der Waals surface area (Å²) in [7, 11) is -12.6. The fourth-order valence-corrected chi connectivity index (χ4v) is 3.10. The number of phosphoric ester groups is 1. The number of nitrogens with two attached hydrogens (primary N) is 1. The van der Waals surface area contributed by atoms with E-state index < -0.39 is 81.3 Å². The number of imidazole rings is 1. The van der Waals surface area contributed by atoms with E-state index in [2.05, 4.69) is 33.9 Å². The third-order valence-electron chi connectivity index (χ3n) is 2.75. The molecular weight excluding hydrogens is 442 g/mol. The van der Waals surface area contributed by atoms with Gasteiger partial charge in [-0.1, -0.05) is 0 Å². The van der Waals surface area contributed by atoms with Crippen molar-refractivity contribution in [3.63, 3.8) is 0 Å². The average molecular weight is 468 g/mol. The van der Waals surface area contributed by atoms with Crippen molar-refractivity contribution in [3.8, 4) is 0 Å². The number of aliphatic hydroxyl groups is 2. The molecule has 1 fully saturated rings. The molecule has 1 aliphatic rings. The molecule has 4 unspecified atom stereocenters. The minimum atomic E-state index is -6.41. The molecule has 0 saturated carbocycles. The van der Waals surface area contributed by atoms with Crippen LogP contribution in [0.5, 0.6) is 0 Å². The monoisotopic (exact) mass is 468 g/mol. The molecule has 30 heavy (non-hydrogen) atoms. The molecule has 5 atom stereocenters. The van der Waals surface area contributed by atoms with Crippen LogP contribution in [-0.4, -0.2) is 63.7 Å². The van der Waals surface area contributed by atoms with Crippen LogP contribution in [0.25, 0.3) is 11.2 Å². The molecule has 2 aromatic rings. The Kier molecular flexibility index (Phi) is 4.40. The first-order chi connectivity index (χ1) is 18.4. The molecule has 2 aromatic heterocycles. The van der Waals surface area contributed by atoms with Crippen LogP contribution in [0.2, 0.25) is 4.24 Å². The maximum Gasteiger partial charge on any atom is 1.00 e. The van der Waals surface area contributed by atoms with Gasteiger partial charge in [0.1, 0.15) is 19.6 Å². The van der Waals surface area contributed by atoms with Crippen molar-refractivity contribution in [2.75, 3.05) is 12.3 Å². The van der Waals surface area contributed by atoms with E-state index in [4.69, 9.17) is 22.9 Å². The SMILES string of the molecule is [2H]OC1([2H])C([2H])(C([2H])([2H])OP(=O)(O[2H])OP(=O)([O-])[O-])O[C@]([2H])(n2c([2H])nc3c(=O)n([2H])c(N([2H])[2H])nc32)C1([2H])O[2H].[Li+].[Li+]. The van der Waals surface area contributed by atoms with Crippen LogP contribution in [0.1, 0.15) is 15.8 Å². The van der Waals surface area contributed by atoms with Gasteiger partial charge in [-0.25, -0.2) is 9.55 Å². The van der Waals surface area contributed by atoms with E-state index in [0.29, 0.717) is 0 Å². The van der Waals surface area contributed by atoms with Crippen LogP contribution in [0, 0.1) is 0 Å². The van der Waals surface area contributed by atoms with Gasteiger partial charge in [0.25, 0.3) is 5.56 Å². The third-order valence-corrected chi connectivity index (χ3v) is 4.67. The van der Waals surface area contributed by atoms with Crippen molar-refractivity contribution in [1.29, 1.82) is 4.29 Å². The van der Waals surface area contributed by atoms with Gasteiger partial charge in [0.05, 0.1) is 28.9 Å². The van der Waals surface area contributed by atoms with E-state index in [1.54, 1.807) is 0 Å². The average Bonchev–Trinajstić information content (AvgIpc) is 3.25. The smallest absolute Gasteiger partial charge is 0.789 e. The van der Waals surface area contributed by atoms with Crippen molar-refractivity contribution >= 4 is 32.8 Å². The van der Waals surface area contributed by atoms with Crippen molar-refractivity contribution in [2.45, 2.75) is 24.4 Å². The van der Waals surface area contributed by atoms with Crippen molar-refractivity contribution in [2.24, 2.45) is 0 Å². The summed E-state index contributed by atoms with van der Waals surface area (Å²) in [5, 5.41) is 8.02. The molecule has 20 heteroatoms. The van der Waals surface area contributed by atoms with Crippen molar-refractivity contribution in [1.82, 2.24) is 19.5 Å². The Bertz CT molecular complexity index is 1540. The van der Waals surface area contributed by atoms with Crippen LogP contribution in [0.15, 0.2) is 11.1 Å². The predicted octanol–water partition coefficient (Wildman–Crippen LogP) is -9.71. The molecule has 0 spiro atoms.